The Bertz CT molecular complexity index is 468. The molecule has 98 valence electrons. The molecular formula is C14H19NO3. The Labute approximate surface area is 107 Å². The predicted octanol–water partition coefficient (Wildman–Crippen LogP) is 2.21. The van der Waals surface area contributed by atoms with Crippen molar-refractivity contribution in [3.63, 3.8) is 0 Å². The zero-order valence-corrected chi connectivity index (χ0v) is 11.1. The molecule has 1 aromatic rings. The molecule has 0 bridgehead atoms. The number of ketones is 1. The normalized spacial score (nSPS) is 18.7. The van der Waals surface area contributed by atoms with Crippen LogP contribution in [0.25, 0.3) is 0 Å². The summed E-state index contributed by atoms with van der Waals surface area (Å²) in [5.74, 6) is -0.0809. The second-order valence-electron chi connectivity index (χ2n) is 5.27. The number of aromatic hydroxyl groups is 1. The fourth-order valence-corrected chi connectivity index (χ4v) is 2.32. The number of benzene rings is 1. The topological polar surface area (TPSA) is 49.8 Å². The first-order valence-corrected chi connectivity index (χ1v) is 6.11. The molecule has 1 fully saturated rings. The van der Waals surface area contributed by atoms with E-state index < -0.39 is 0 Å². The van der Waals surface area contributed by atoms with Crippen molar-refractivity contribution in [2.75, 3.05) is 24.7 Å². The van der Waals surface area contributed by atoms with Crippen molar-refractivity contribution in [2.24, 2.45) is 0 Å². The van der Waals surface area contributed by atoms with Crippen LogP contribution in [0.4, 0.5) is 5.69 Å². The molecule has 0 amide bonds. The third kappa shape index (κ3) is 2.34. The van der Waals surface area contributed by atoms with Crippen LogP contribution in [-0.4, -0.2) is 36.2 Å². The molecule has 0 saturated carbocycles. The standard InChI is InChI=1S/C14H19NO3/c1-10(16)12-5-4-11(8-13(12)17)15-6-7-18-9-14(15,2)3/h4-5,8,17H,6-7,9H2,1-3H3. The third-order valence-corrected chi connectivity index (χ3v) is 3.32. The van der Waals surface area contributed by atoms with E-state index in [1.807, 2.05) is 6.07 Å². The summed E-state index contributed by atoms with van der Waals surface area (Å²) in [4.78, 5) is 13.5. The predicted molar refractivity (Wildman–Crippen MR) is 70.4 cm³/mol. The van der Waals surface area contributed by atoms with Crippen molar-refractivity contribution < 1.29 is 14.6 Å². The molecule has 0 atom stereocenters. The van der Waals surface area contributed by atoms with Crippen molar-refractivity contribution in [2.45, 2.75) is 26.3 Å². The Morgan fingerprint density at radius 3 is 2.72 bits per heavy atom. The number of nitrogens with zero attached hydrogens (tertiary/aromatic N) is 1. The first-order chi connectivity index (χ1) is 8.42. The van der Waals surface area contributed by atoms with Crippen LogP contribution in [0.1, 0.15) is 31.1 Å². The van der Waals surface area contributed by atoms with Gasteiger partial charge in [0.05, 0.1) is 24.3 Å². The average Bonchev–Trinajstić information content (AvgIpc) is 2.27. The molecule has 1 heterocycles. The van der Waals surface area contributed by atoms with E-state index in [0.29, 0.717) is 18.8 Å². The van der Waals surface area contributed by atoms with E-state index in [4.69, 9.17) is 4.74 Å². The number of phenols is 1. The van der Waals surface area contributed by atoms with Crippen molar-refractivity contribution >= 4 is 11.5 Å². The number of hydrogen-bond donors (Lipinski definition) is 1. The van der Waals surface area contributed by atoms with Gasteiger partial charge in [-0.1, -0.05) is 0 Å². The molecule has 4 nitrogen and oxygen atoms in total. The second kappa shape index (κ2) is 4.61. The van der Waals surface area contributed by atoms with Crippen molar-refractivity contribution in [1.82, 2.24) is 0 Å². The van der Waals surface area contributed by atoms with Crippen molar-refractivity contribution in [1.29, 1.82) is 0 Å². The molecule has 0 spiro atoms. The fourth-order valence-electron chi connectivity index (χ4n) is 2.32. The molecule has 1 aliphatic rings. The summed E-state index contributed by atoms with van der Waals surface area (Å²) >= 11 is 0. The van der Waals surface area contributed by atoms with E-state index in [1.165, 1.54) is 6.92 Å². The van der Waals surface area contributed by atoms with Gasteiger partial charge in [0.2, 0.25) is 0 Å². The highest BCUT2D eigenvalue weighted by atomic mass is 16.5. The molecule has 1 aromatic carbocycles. The number of hydrogen-bond acceptors (Lipinski definition) is 4. The number of phenolic OH excluding ortho intramolecular Hbond substituents is 1. The largest absolute Gasteiger partial charge is 0.507 e. The first kappa shape index (κ1) is 12.9. The lowest BCUT2D eigenvalue weighted by Gasteiger charge is -2.43. The maximum Gasteiger partial charge on any atom is 0.163 e. The maximum absolute atomic E-state index is 11.3. The summed E-state index contributed by atoms with van der Waals surface area (Å²) in [6.45, 7) is 7.77. The lowest BCUT2D eigenvalue weighted by Crippen LogP contribution is -2.53. The van der Waals surface area contributed by atoms with Crippen LogP contribution >= 0.6 is 0 Å². The van der Waals surface area contributed by atoms with Gasteiger partial charge in [0, 0.05) is 18.3 Å². The second-order valence-corrected chi connectivity index (χ2v) is 5.27. The molecule has 0 aromatic heterocycles. The van der Waals surface area contributed by atoms with Gasteiger partial charge in [-0.2, -0.15) is 0 Å². The minimum atomic E-state index is -0.125. The monoisotopic (exact) mass is 249 g/mol. The molecule has 1 aliphatic heterocycles. The molecule has 0 radical (unpaired) electrons. The van der Waals surface area contributed by atoms with E-state index in [-0.39, 0.29) is 17.1 Å². The van der Waals surface area contributed by atoms with Crippen LogP contribution in [0, 0.1) is 0 Å². The Balaban J connectivity index is 2.34. The van der Waals surface area contributed by atoms with Gasteiger partial charge in [-0.15, -0.1) is 0 Å². The first-order valence-electron chi connectivity index (χ1n) is 6.11. The molecule has 18 heavy (non-hydrogen) atoms. The van der Waals surface area contributed by atoms with Crippen molar-refractivity contribution in [3.05, 3.63) is 23.8 Å². The summed E-state index contributed by atoms with van der Waals surface area (Å²) in [5, 5.41) is 9.88. The number of anilines is 1. The summed E-state index contributed by atoms with van der Waals surface area (Å²) in [6.07, 6.45) is 0. The summed E-state index contributed by atoms with van der Waals surface area (Å²) in [6, 6.07) is 5.21. The molecule has 0 unspecified atom stereocenters. The minimum Gasteiger partial charge on any atom is -0.507 e. The molecule has 1 N–H and O–H groups in total. The zero-order chi connectivity index (χ0) is 13.3. The molecular weight excluding hydrogens is 230 g/mol. The number of ether oxygens (including phenoxy) is 1. The fraction of sp³-hybridized carbons (Fsp3) is 0.500. The Kier molecular flexibility index (Phi) is 3.30. The molecule has 4 heteroatoms. The van der Waals surface area contributed by atoms with Crippen LogP contribution in [0.15, 0.2) is 18.2 Å². The highest BCUT2D eigenvalue weighted by Gasteiger charge is 2.31. The van der Waals surface area contributed by atoms with Crippen LogP contribution in [0.3, 0.4) is 0 Å². The minimum absolute atomic E-state index is 0.0438. The highest BCUT2D eigenvalue weighted by molar-refractivity contribution is 5.97. The van der Waals surface area contributed by atoms with Gasteiger partial charge in [-0.3, -0.25) is 4.79 Å². The van der Waals surface area contributed by atoms with E-state index in [2.05, 4.69) is 18.7 Å². The van der Waals surface area contributed by atoms with Gasteiger partial charge in [0.25, 0.3) is 0 Å². The molecule has 0 aliphatic carbocycles. The van der Waals surface area contributed by atoms with Crippen LogP contribution in [0.2, 0.25) is 0 Å². The van der Waals surface area contributed by atoms with E-state index in [0.717, 1.165) is 12.2 Å². The van der Waals surface area contributed by atoms with E-state index in [1.54, 1.807) is 12.1 Å². The lowest BCUT2D eigenvalue weighted by atomic mass is 10.0. The van der Waals surface area contributed by atoms with Gasteiger partial charge in [0.15, 0.2) is 5.78 Å². The Hall–Kier alpha value is -1.55. The summed E-state index contributed by atoms with van der Waals surface area (Å²) in [7, 11) is 0. The van der Waals surface area contributed by atoms with Crippen LogP contribution in [0.5, 0.6) is 5.75 Å². The van der Waals surface area contributed by atoms with Crippen molar-refractivity contribution in [3.8, 4) is 5.75 Å². The zero-order valence-electron chi connectivity index (χ0n) is 11.1. The third-order valence-electron chi connectivity index (χ3n) is 3.32. The highest BCUT2D eigenvalue weighted by Crippen LogP contribution is 2.31. The summed E-state index contributed by atoms with van der Waals surface area (Å²) in [5.41, 5.74) is 1.18. The quantitative estimate of drug-likeness (QED) is 0.816. The van der Waals surface area contributed by atoms with E-state index in [9.17, 15) is 9.90 Å². The van der Waals surface area contributed by atoms with Crippen LogP contribution in [-0.2, 0) is 4.74 Å². The number of carbonyl (C=O) groups excluding carboxylic acids is 1. The number of carbonyl (C=O) groups is 1. The number of morpholine rings is 1. The molecule has 1 saturated heterocycles. The maximum atomic E-state index is 11.3. The summed E-state index contributed by atoms with van der Waals surface area (Å²) < 4.78 is 5.47. The Morgan fingerprint density at radius 1 is 1.44 bits per heavy atom. The van der Waals surface area contributed by atoms with Gasteiger partial charge in [0.1, 0.15) is 5.75 Å². The molecule has 2 rings (SSSR count). The Morgan fingerprint density at radius 2 is 2.17 bits per heavy atom. The number of Topliss-reactive ketones (excluding diaryl/α,β-unsaturated/α-hetero) is 1. The number of rotatable bonds is 2. The lowest BCUT2D eigenvalue weighted by molar-refractivity contribution is 0.0644. The smallest absolute Gasteiger partial charge is 0.163 e. The van der Waals surface area contributed by atoms with Gasteiger partial charge < -0.3 is 14.7 Å². The van der Waals surface area contributed by atoms with Gasteiger partial charge in [-0.05, 0) is 32.9 Å². The van der Waals surface area contributed by atoms with Crippen LogP contribution < -0.4 is 4.90 Å². The average molecular weight is 249 g/mol. The van der Waals surface area contributed by atoms with Gasteiger partial charge in [-0.25, -0.2) is 0 Å². The van der Waals surface area contributed by atoms with E-state index >= 15 is 0 Å². The van der Waals surface area contributed by atoms with Gasteiger partial charge >= 0.3 is 0 Å². The SMILES string of the molecule is CC(=O)c1ccc(N2CCOCC2(C)C)cc1O.